The molecule has 66 valence electrons. The van der Waals surface area contributed by atoms with Gasteiger partial charge in [0.2, 0.25) is 0 Å². The molecule has 1 unspecified atom stereocenters. The lowest BCUT2D eigenvalue weighted by molar-refractivity contribution is 0.483. The average Bonchev–Trinajstić information content (AvgIpc) is 2.03. The number of hydrogen-bond acceptors (Lipinski definition) is 0. The van der Waals surface area contributed by atoms with Gasteiger partial charge in [0.05, 0.1) is 0 Å². The average molecular weight is 170 g/mol. The Morgan fingerprint density at radius 1 is 1.67 bits per heavy atom. The number of hydrogen-bond donors (Lipinski definition) is 0. The molecule has 0 bridgehead atoms. The molecule has 0 spiro atoms. The maximum atomic E-state index is 13.1. The minimum atomic E-state index is -0.479. The van der Waals surface area contributed by atoms with Gasteiger partial charge in [-0.25, -0.2) is 8.78 Å². The van der Waals surface area contributed by atoms with Crippen molar-refractivity contribution in [3.05, 3.63) is 36.0 Å². The molecule has 0 aromatic carbocycles. The molecule has 0 heterocycles. The molecule has 1 aliphatic carbocycles. The van der Waals surface area contributed by atoms with Crippen LogP contribution in [0.2, 0.25) is 0 Å². The Labute approximate surface area is 71.3 Å². The standard InChI is InChI=1S/C10H12F2/c1-3-7(2)9-5-4-8(11)6-10(9)12/h4,6,9H,2-3,5H2,1H3. The zero-order valence-corrected chi connectivity index (χ0v) is 7.11. The quantitative estimate of drug-likeness (QED) is 0.554. The Bertz CT molecular complexity index is 249. The molecule has 1 atom stereocenters. The van der Waals surface area contributed by atoms with Gasteiger partial charge in [0.25, 0.3) is 0 Å². The molecular weight excluding hydrogens is 158 g/mol. The first kappa shape index (κ1) is 9.17. The summed E-state index contributed by atoms with van der Waals surface area (Å²) in [6.07, 6.45) is 3.48. The van der Waals surface area contributed by atoms with Crippen LogP contribution in [0.1, 0.15) is 19.8 Å². The zero-order valence-electron chi connectivity index (χ0n) is 7.11. The van der Waals surface area contributed by atoms with E-state index < -0.39 is 11.7 Å². The van der Waals surface area contributed by atoms with Crippen molar-refractivity contribution in [2.45, 2.75) is 19.8 Å². The van der Waals surface area contributed by atoms with Gasteiger partial charge in [0, 0.05) is 12.0 Å². The van der Waals surface area contributed by atoms with Gasteiger partial charge in [-0.15, -0.1) is 0 Å². The molecule has 0 aromatic heterocycles. The van der Waals surface area contributed by atoms with Crippen molar-refractivity contribution in [3.8, 4) is 0 Å². The maximum Gasteiger partial charge on any atom is 0.121 e. The highest BCUT2D eigenvalue weighted by molar-refractivity contribution is 5.27. The SMILES string of the molecule is C=C(CC)C1CC=C(F)C=C1F. The summed E-state index contributed by atoms with van der Waals surface area (Å²) in [7, 11) is 0. The molecule has 0 amide bonds. The van der Waals surface area contributed by atoms with Crippen molar-refractivity contribution >= 4 is 0 Å². The van der Waals surface area contributed by atoms with Gasteiger partial charge >= 0.3 is 0 Å². The first-order chi connectivity index (χ1) is 5.65. The lowest BCUT2D eigenvalue weighted by atomic mass is 9.90. The van der Waals surface area contributed by atoms with Gasteiger partial charge in [0.15, 0.2) is 0 Å². The van der Waals surface area contributed by atoms with Crippen LogP contribution in [0.25, 0.3) is 0 Å². The van der Waals surface area contributed by atoms with E-state index >= 15 is 0 Å². The molecule has 2 heteroatoms. The van der Waals surface area contributed by atoms with Gasteiger partial charge in [-0.3, -0.25) is 0 Å². The fourth-order valence-electron chi connectivity index (χ4n) is 1.24. The predicted octanol–water partition coefficient (Wildman–Crippen LogP) is 3.68. The molecule has 0 N–H and O–H groups in total. The summed E-state index contributed by atoms with van der Waals surface area (Å²) < 4.78 is 25.5. The normalized spacial score (nSPS) is 23.1. The molecule has 0 radical (unpaired) electrons. The summed E-state index contributed by atoms with van der Waals surface area (Å²) in [5, 5.41) is 0. The van der Waals surface area contributed by atoms with Gasteiger partial charge in [-0.05, 0) is 18.9 Å². The van der Waals surface area contributed by atoms with E-state index in [-0.39, 0.29) is 5.92 Å². The van der Waals surface area contributed by atoms with Crippen molar-refractivity contribution in [2.24, 2.45) is 5.92 Å². The molecule has 0 aromatic rings. The molecule has 1 aliphatic rings. The summed E-state index contributed by atoms with van der Waals surface area (Å²) in [6.45, 7) is 5.66. The van der Waals surface area contributed by atoms with Crippen LogP contribution in [0.3, 0.4) is 0 Å². The molecule has 0 saturated carbocycles. The van der Waals surface area contributed by atoms with Gasteiger partial charge in [-0.1, -0.05) is 19.1 Å². The fourth-order valence-corrected chi connectivity index (χ4v) is 1.24. The largest absolute Gasteiger partial charge is 0.211 e. The minimum absolute atomic E-state index is 0.297. The Morgan fingerprint density at radius 3 is 2.83 bits per heavy atom. The van der Waals surface area contributed by atoms with Crippen molar-refractivity contribution in [3.63, 3.8) is 0 Å². The highest BCUT2D eigenvalue weighted by Gasteiger charge is 2.19. The monoisotopic (exact) mass is 170 g/mol. The number of allylic oxidation sites excluding steroid dienone is 5. The van der Waals surface area contributed by atoms with Crippen molar-refractivity contribution < 1.29 is 8.78 Å². The summed E-state index contributed by atoms with van der Waals surface area (Å²) >= 11 is 0. The molecular formula is C10H12F2. The Morgan fingerprint density at radius 2 is 2.33 bits per heavy atom. The van der Waals surface area contributed by atoms with E-state index in [0.29, 0.717) is 6.42 Å². The highest BCUT2D eigenvalue weighted by Crippen LogP contribution is 2.31. The first-order valence-corrected chi connectivity index (χ1v) is 4.05. The van der Waals surface area contributed by atoms with E-state index in [1.54, 1.807) is 0 Å². The Hall–Kier alpha value is -0.920. The second-order valence-electron chi connectivity index (χ2n) is 2.92. The lowest BCUT2D eigenvalue weighted by Gasteiger charge is -2.17. The Kier molecular flexibility index (Phi) is 2.79. The smallest absolute Gasteiger partial charge is 0.121 e. The zero-order chi connectivity index (χ0) is 9.14. The van der Waals surface area contributed by atoms with Crippen LogP contribution in [-0.4, -0.2) is 0 Å². The van der Waals surface area contributed by atoms with Gasteiger partial charge in [-0.2, -0.15) is 0 Å². The lowest BCUT2D eigenvalue weighted by Crippen LogP contribution is -2.06. The van der Waals surface area contributed by atoms with Crippen molar-refractivity contribution in [2.75, 3.05) is 0 Å². The predicted molar refractivity (Wildman–Crippen MR) is 45.9 cm³/mol. The van der Waals surface area contributed by atoms with Crippen molar-refractivity contribution in [1.29, 1.82) is 0 Å². The summed E-state index contributed by atoms with van der Waals surface area (Å²) in [5.74, 6) is -1.18. The fraction of sp³-hybridized carbons (Fsp3) is 0.400. The van der Waals surface area contributed by atoms with Gasteiger partial charge < -0.3 is 0 Å². The Balaban J connectivity index is 2.74. The van der Waals surface area contributed by atoms with Crippen LogP contribution in [0, 0.1) is 5.92 Å². The van der Waals surface area contributed by atoms with E-state index in [0.717, 1.165) is 18.1 Å². The molecule has 1 rings (SSSR count). The third kappa shape index (κ3) is 1.81. The van der Waals surface area contributed by atoms with Crippen LogP contribution >= 0.6 is 0 Å². The van der Waals surface area contributed by atoms with Crippen LogP contribution < -0.4 is 0 Å². The molecule has 0 nitrogen and oxygen atoms in total. The topological polar surface area (TPSA) is 0 Å². The van der Waals surface area contributed by atoms with E-state index in [1.165, 1.54) is 6.08 Å². The molecule has 12 heavy (non-hydrogen) atoms. The molecule has 0 aliphatic heterocycles. The summed E-state index contributed by atoms with van der Waals surface area (Å²) in [5.41, 5.74) is 0.826. The van der Waals surface area contributed by atoms with E-state index in [1.807, 2.05) is 6.92 Å². The third-order valence-corrected chi connectivity index (χ3v) is 2.10. The summed E-state index contributed by atoms with van der Waals surface area (Å²) in [4.78, 5) is 0. The molecule has 0 saturated heterocycles. The number of rotatable bonds is 2. The number of halogens is 2. The maximum absolute atomic E-state index is 13.1. The minimum Gasteiger partial charge on any atom is -0.211 e. The van der Waals surface area contributed by atoms with Crippen LogP contribution in [0.4, 0.5) is 8.78 Å². The second kappa shape index (κ2) is 3.65. The van der Waals surface area contributed by atoms with E-state index in [2.05, 4.69) is 6.58 Å². The first-order valence-electron chi connectivity index (χ1n) is 4.05. The van der Waals surface area contributed by atoms with E-state index in [4.69, 9.17) is 0 Å². The second-order valence-corrected chi connectivity index (χ2v) is 2.92. The van der Waals surface area contributed by atoms with Crippen LogP contribution in [0.5, 0.6) is 0 Å². The van der Waals surface area contributed by atoms with Crippen LogP contribution in [0.15, 0.2) is 36.0 Å². The van der Waals surface area contributed by atoms with Gasteiger partial charge in [0.1, 0.15) is 11.7 Å². The van der Waals surface area contributed by atoms with Crippen molar-refractivity contribution in [1.82, 2.24) is 0 Å². The summed E-state index contributed by atoms with van der Waals surface area (Å²) in [6, 6.07) is 0. The highest BCUT2D eigenvalue weighted by atomic mass is 19.1. The molecule has 0 fully saturated rings. The van der Waals surface area contributed by atoms with E-state index in [9.17, 15) is 8.78 Å². The third-order valence-electron chi connectivity index (χ3n) is 2.10. The van der Waals surface area contributed by atoms with Crippen LogP contribution in [-0.2, 0) is 0 Å².